The third-order valence-corrected chi connectivity index (χ3v) is 2.25. The maximum atomic E-state index is 11.2. The second-order valence-electron chi connectivity index (χ2n) is 3.70. The topological polar surface area (TPSA) is 95.3 Å². The summed E-state index contributed by atoms with van der Waals surface area (Å²) in [4.78, 5) is 15.2. The molecule has 0 saturated heterocycles. The fraction of sp³-hybridized carbons (Fsp3) is 0.444. The number of hydrogen-bond donors (Lipinski definition) is 3. The van der Waals surface area contributed by atoms with Crippen LogP contribution in [0.4, 0.5) is 5.82 Å². The van der Waals surface area contributed by atoms with Crippen LogP contribution < -0.4 is 11.0 Å². The molecule has 0 spiro atoms. The van der Waals surface area contributed by atoms with E-state index in [-0.39, 0.29) is 18.2 Å². The molecule has 1 unspecified atom stereocenters. The largest absolute Gasteiger partial charge is 0.396 e. The van der Waals surface area contributed by atoms with Crippen molar-refractivity contribution in [3.05, 3.63) is 22.9 Å². The zero-order chi connectivity index (χ0) is 11.5. The van der Waals surface area contributed by atoms with Gasteiger partial charge >= 0.3 is 5.69 Å². The first-order chi connectivity index (χ1) is 7.70. The van der Waals surface area contributed by atoms with Crippen LogP contribution in [0.5, 0.6) is 0 Å². The number of aromatic nitrogens is 4. The molecule has 0 aromatic carbocycles. The van der Waals surface area contributed by atoms with Crippen LogP contribution in [0.1, 0.15) is 6.92 Å². The van der Waals surface area contributed by atoms with E-state index in [0.29, 0.717) is 18.0 Å². The van der Waals surface area contributed by atoms with Crippen LogP contribution in [0.15, 0.2) is 17.2 Å². The molecular formula is C9H13N5O2. The molecular weight excluding hydrogens is 210 g/mol. The molecule has 0 saturated carbocycles. The number of aliphatic hydroxyl groups excluding tert-OH is 1. The highest BCUT2D eigenvalue weighted by molar-refractivity contribution is 5.48. The second-order valence-corrected chi connectivity index (χ2v) is 3.70. The van der Waals surface area contributed by atoms with Gasteiger partial charge in [0.1, 0.15) is 12.1 Å². The van der Waals surface area contributed by atoms with Gasteiger partial charge in [0, 0.05) is 19.2 Å². The van der Waals surface area contributed by atoms with Crippen LogP contribution in [-0.2, 0) is 0 Å². The number of rotatable bonds is 4. The van der Waals surface area contributed by atoms with Crippen molar-refractivity contribution < 1.29 is 5.11 Å². The number of anilines is 1. The molecule has 2 aromatic heterocycles. The average molecular weight is 223 g/mol. The summed E-state index contributed by atoms with van der Waals surface area (Å²) in [6, 6.07) is 1.67. The SMILES string of the molecule is CC(CO)CNc1cc2n[nH]c(=O)n2cn1. The lowest BCUT2D eigenvalue weighted by atomic mass is 10.2. The van der Waals surface area contributed by atoms with Gasteiger partial charge in [0.15, 0.2) is 5.65 Å². The van der Waals surface area contributed by atoms with E-state index >= 15 is 0 Å². The molecule has 2 aromatic rings. The van der Waals surface area contributed by atoms with Crippen molar-refractivity contribution in [2.75, 3.05) is 18.5 Å². The summed E-state index contributed by atoms with van der Waals surface area (Å²) in [6.45, 7) is 2.66. The Morgan fingerprint density at radius 2 is 2.50 bits per heavy atom. The fourth-order valence-electron chi connectivity index (χ4n) is 1.25. The maximum Gasteiger partial charge on any atom is 0.348 e. The average Bonchev–Trinajstić information content (AvgIpc) is 2.67. The molecule has 7 nitrogen and oxygen atoms in total. The molecule has 0 fully saturated rings. The minimum absolute atomic E-state index is 0.122. The molecule has 0 amide bonds. The normalized spacial score (nSPS) is 12.9. The van der Waals surface area contributed by atoms with Crippen molar-refractivity contribution in [1.82, 2.24) is 19.6 Å². The predicted molar refractivity (Wildman–Crippen MR) is 58.3 cm³/mol. The Labute approximate surface area is 91.1 Å². The minimum Gasteiger partial charge on any atom is -0.396 e. The van der Waals surface area contributed by atoms with Crippen molar-refractivity contribution in [1.29, 1.82) is 0 Å². The van der Waals surface area contributed by atoms with E-state index in [4.69, 9.17) is 5.11 Å². The van der Waals surface area contributed by atoms with Crippen LogP contribution in [0.3, 0.4) is 0 Å². The van der Waals surface area contributed by atoms with Crippen molar-refractivity contribution in [3.63, 3.8) is 0 Å². The van der Waals surface area contributed by atoms with E-state index in [1.54, 1.807) is 6.07 Å². The van der Waals surface area contributed by atoms with Crippen LogP contribution in [0.25, 0.3) is 5.65 Å². The molecule has 1 atom stereocenters. The van der Waals surface area contributed by atoms with E-state index in [1.165, 1.54) is 10.7 Å². The summed E-state index contributed by atoms with van der Waals surface area (Å²) < 4.78 is 1.32. The molecule has 0 aliphatic rings. The first-order valence-electron chi connectivity index (χ1n) is 4.98. The van der Waals surface area contributed by atoms with Gasteiger partial charge < -0.3 is 10.4 Å². The first-order valence-corrected chi connectivity index (χ1v) is 4.98. The number of nitrogens with one attached hydrogen (secondary N) is 2. The molecule has 16 heavy (non-hydrogen) atoms. The van der Waals surface area contributed by atoms with Crippen molar-refractivity contribution in [2.24, 2.45) is 5.92 Å². The standard InChI is InChI=1S/C9H13N5O2/c1-6(4-15)3-10-7-2-8-12-13-9(16)14(8)5-11-7/h2,5-6,10,15H,3-4H2,1H3,(H,13,16). The lowest BCUT2D eigenvalue weighted by molar-refractivity contribution is 0.244. The van der Waals surface area contributed by atoms with Crippen molar-refractivity contribution in [2.45, 2.75) is 6.92 Å². The van der Waals surface area contributed by atoms with Gasteiger partial charge in [-0.2, -0.15) is 5.10 Å². The maximum absolute atomic E-state index is 11.2. The van der Waals surface area contributed by atoms with Gasteiger partial charge in [-0.3, -0.25) is 0 Å². The van der Waals surface area contributed by atoms with E-state index in [1.807, 2.05) is 6.92 Å². The smallest absolute Gasteiger partial charge is 0.348 e. The lowest BCUT2D eigenvalue weighted by Gasteiger charge is -2.09. The Hall–Kier alpha value is -1.89. The molecule has 2 heterocycles. The van der Waals surface area contributed by atoms with Gasteiger partial charge in [0.25, 0.3) is 0 Å². The van der Waals surface area contributed by atoms with Gasteiger partial charge in [-0.1, -0.05) is 6.92 Å². The number of H-pyrrole nitrogens is 1. The number of aliphatic hydroxyl groups is 1. The van der Waals surface area contributed by atoms with Gasteiger partial charge in [-0.25, -0.2) is 19.3 Å². The van der Waals surface area contributed by atoms with E-state index < -0.39 is 0 Å². The van der Waals surface area contributed by atoms with Crippen LogP contribution in [0.2, 0.25) is 0 Å². The quantitative estimate of drug-likeness (QED) is 0.647. The number of fused-ring (bicyclic) bond motifs is 1. The Balaban J connectivity index is 2.17. The van der Waals surface area contributed by atoms with Gasteiger partial charge in [0.2, 0.25) is 0 Å². The Kier molecular flexibility index (Phi) is 2.86. The van der Waals surface area contributed by atoms with Crippen molar-refractivity contribution >= 4 is 11.5 Å². The summed E-state index contributed by atoms with van der Waals surface area (Å²) in [5, 5.41) is 18.1. The molecule has 3 N–H and O–H groups in total. The van der Waals surface area contributed by atoms with Crippen LogP contribution in [-0.4, -0.2) is 37.8 Å². The monoisotopic (exact) mass is 223 g/mol. The predicted octanol–water partition coefficient (Wildman–Crippen LogP) is -0.542. The molecule has 0 radical (unpaired) electrons. The highest BCUT2D eigenvalue weighted by Crippen LogP contribution is 2.05. The van der Waals surface area contributed by atoms with E-state index in [2.05, 4.69) is 20.5 Å². The fourth-order valence-corrected chi connectivity index (χ4v) is 1.25. The molecule has 0 aliphatic carbocycles. The summed E-state index contributed by atoms with van der Waals surface area (Å²) in [5.74, 6) is 0.784. The summed E-state index contributed by atoms with van der Waals surface area (Å²) in [7, 11) is 0. The first kappa shape index (κ1) is 10.6. The molecule has 0 aliphatic heterocycles. The highest BCUT2D eigenvalue weighted by Gasteiger charge is 2.03. The third kappa shape index (κ3) is 2.03. The summed E-state index contributed by atoms with van der Waals surface area (Å²) >= 11 is 0. The highest BCUT2D eigenvalue weighted by atomic mass is 16.3. The Morgan fingerprint density at radius 3 is 3.25 bits per heavy atom. The summed E-state index contributed by atoms with van der Waals surface area (Å²) in [5.41, 5.74) is 0.205. The Morgan fingerprint density at radius 1 is 1.69 bits per heavy atom. The second kappa shape index (κ2) is 4.31. The van der Waals surface area contributed by atoms with Crippen LogP contribution >= 0.6 is 0 Å². The van der Waals surface area contributed by atoms with Gasteiger partial charge in [-0.15, -0.1) is 0 Å². The zero-order valence-corrected chi connectivity index (χ0v) is 8.84. The number of aromatic amines is 1. The zero-order valence-electron chi connectivity index (χ0n) is 8.84. The molecule has 0 bridgehead atoms. The van der Waals surface area contributed by atoms with E-state index in [0.717, 1.165) is 0 Å². The minimum atomic E-state index is -0.308. The van der Waals surface area contributed by atoms with Gasteiger partial charge in [0.05, 0.1) is 0 Å². The number of hydrogen-bond acceptors (Lipinski definition) is 5. The third-order valence-electron chi connectivity index (χ3n) is 2.25. The van der Waals surface area contributed by atoms with E-state index in [9.17, 15) is 4.79 Å². The number of nitrogens with zero attached hydrogens (tertiary/aromatic N) is 3. The Bertz CT molecular complexity index is 532. The van der Waals surface area contributed by atoms with Crippen molar-refractivity contribution in [3.8, 4) is 0 Å². The van der Waals surface area contributed by atoms with Gasteiger partial charge in [-0.05, 0) is 5.92 Å². The molecule has 7 heteroatoms. The molecule has 86 valence electrons. The summed E-state index contributed by atoms with van der Waals surface area (Å²) in [6.07, 6.45) is 1.41. The lowest BCUT2D eigenvalue weighted by Crippen LogP contribution is -2.16. The molecule has 2 rings (SSSR count). The van der Waals surface area contributed by atoms with Crippen LogP contribution in [0, 0.1) is 5.92 Å².